The van der Waals surface area contributed by atoms with Crippen LogP contribution in [-0.2, 0) is 39.1 Å². The molecule has 0 saturated carbocycles. The summed E-state index contributed by atoms with van der Waals surface area (Å²) in [5, 5.41) is 10.2. The molecule has 0 spiro atoms. The maximum atomic E-state index is 12.6. The van der Waals surface area contributed by atoms with Gasteiger partial charge in [-0.25, -0.2) is 9.36 Å². The average Bonchev–Trinajstić information content (AvgIpc) is 3.04. The summed E-state index contributed by atoms with van der Waals surface area (Å²) in [4.78, 5) is 53.3. The van der Waals surface area contributed by atoms with Crippen LogP contribution in [-0.4, -0.2) is 40.2 Å². The molecule has 1 aliphatic heterocycles. The zero-order valence-corrected chi connectivity index (χ0v) is 19.9. The number of carbonyl (C=O) groups is 3. The third-order valence-corrected chi connectivity index (χ3v) is 4.69. The van der Waals surface area contributed by atoms with E-state index in [4.69, 9.17) is 24.7 Å². The lowest BCUT2D eigenvalue weighted by Gasteiger charge is -2.30. The van der Waals surface area contributed by atoms with Crippen molar-refractivity contribution in [1.82, 2.24) is 9.55 Å². The van der Waals surface area contributed by atoms with Gasteiger partial charge in [-0.3, -0.25) is 14.4 Å². The SMILES string of the molecule is CC(C)C(=O)OCC1=C(OC(=O)C(C)C)C(OC(=O)C(C)C)[C@](C#N)(n2ccc(N)nc2=O)O1. The Bertz CT molecular complexity index is 1100. The van der Waals surface area contributed by atoms with Gasteiger partial charge in [-0.2, -0.15) is 10.2 Å². The summed E-state index contributed by atoms with van der Waals surface area (Å²) < 4.78 is 22.7. The highest BCUT2D eigenvalue weighted by molar-refractivity contribution is 5.74. The number of esters is 3. The van der Waals surface area contributed by atoms with Crippen LogP contribution in [0.3, 0.4) is 0 Å². The molecule has 2 heterocycles. The minimum atomic E-state index is -2.35. The van der Waals surface area contributed by atoms with E-state index in [-0.39, 0.29) is 17.3 Å². The lowest BCUT2D eigenvalue weighted by atomic mass is 10.1. The standard InChI is InChI=1S/C22H28N4O8/c1-11(2)18(27)31-9-14-16(32-19(28)12(3)4)17(33-20(29)13(5)6)22(10-23,34-14)26-8-7-15(24)25-21(26)30/h7-8,11-13,17H,9H2,1-6H3,(H2,24,25,30)/t17?,22-/m1/s1. The lowest BCUT2D eigenvalue weighted by Crippen LogP contribution is -2.51. The van der Waals surface area contributed by atoms with Crippen LogP contribution in [0.15, 0.2) is 28.6 Å². The van der Waals surface area contributed by atoms with Gasteiger partial charge in [0.15, 0.2) is 18.1 Å². The second kappa shape index (κ2) is 10.4. The quantitative estimate of drug-likeness (QED) is 0.422. The van der Waals surface area contributed by atoms with Crippen molar-refractivity contribution < 1.29 is 33.3 Å². The molecule has 12 nitrogen and oxygen atoms in total. The highest BCUT2D eigenvalue weighted by Gasteiger charge is 2.58. The summed E-state index contributed by atoms with van der Waals surface area (Å²) in [5.74, 6) is -4.56. The molecule has 2 N–H and O–H groups in total. The monoisotopic (exact) mass is 476 g/mol. The van der Waals surface area contributed by atoms with Crippen molar-refractivity contribution in [2.45, 2.75) is 53.4 Å². The first kappa shape index (κ1) is 26.4. The van der Waals surface area contributed by atoms with Crippen LogP contribution in [0.2, 0.25) is 0 Å². The summed E-state index contributed by atoms with van der Waals surface area (Å²) in [6.07, 6.45) is -0.569. The van der Waals surface area contributed by atoms with E-state index in [0.29, 0.717) is 0 Å². The molecule has 12 heteroatoms. The Labute approximate surface area is 196 Å². The summed E-state index contributed by atoms with van der Waals surface area (Å²) in [5.41, 5.74) is 2.22. The molecule has 1 aromatic heterocycles. The largest absolute Gasteiger partial charge is 0.457 e. The number of hydrogen-bond donors (Lipinski definition) is 1. The van der Waals surface area contributed by atoms with Crippen LogP contribution in [0, 0.1) is 29.1 Å². The molecule has 0 amide bonds. The minimum Gasteiger partial charge on any atom is -0.457 e. The molecular weight excluding hydrogens is 448 g/mol. The van der Waals surface area contributed by atoms with Crippen molar-refractivity contribution in [3.63, 3.8) is 0 Å². The highest BCUT2D eigenvalue weighted by atomic mass is 16.6. The third kappa shape index (κ3) is 5.36. The van der Waals surface area contributed by atoms with Gasteiger partial charge < -0.3 is 24.7 Å². The average molecular weight is 476 g/mol. The Hall–Kier alpha value is -3.88. The smallest absolute Gasteiger partial charge is 0.353 e. The Morgan fingerprint density at radius 1 is 1.15 bits per heavy atom. The van der Waals surface area contributed by atoms with Crippen LogP contribution in [0.1, 0.15) is 41.5 Å². The second-order valence-electron chi connectivity index (χ2n) is 8.51. The fourth-order valence-corrected chi connectivity index (χ4v) is 2.72. The number of nitrogen functional groups attached to an aromatic ring is 1. The molecule has 184 valence electrons. The number of nitrogens with two attached hydrogens (primary N) is 1. The van der Waals surface area contributed by atoms with E-state index in [1.165, 1.54) is 6.07 Å². The number of aromatic nitrogens is 2. The Morgan fingerprint density at radius 2 is 1.74 bits per heavy atom. The number of nitriles is 1. The summed E-state index contributed by atoms with van der Waals surface area (Å²) >= 11 is 0. The number of rotatable bonds is 8. The predicted octanol–water partition coefficient (Wildman–Crippen LogP) is 1.21. The Morgan fingerprint density at radius 3 is 2.24 bits per heavy atom. The molecular formula is C22H28N4O8. The van der Waals surface area contributed by atoms with Crippen molar-refractivity contribution in [2.24, 2.45) is 17.8 Å². The van der Waals surface area contributed by atoms with Crippen LogP contribution < -0.4 is 11.4 Å². The van der Waals surface area contributed by atoms with Crippen LogP contribution in [0.5, 0.6) is 0 Å². The van der Waals surface area contributed by atoms with E-state index < -0.39 is 59.8 Å². The van der Waals surface area contributed by atoms with E-state index >= 15 is 0 Å². The molecule has 0 aromatic carbocycles. The molecule has 1 aromatic rings. The van der Waals surface area contributed by atoms with Crippen LogP contribution in [0.4, 0.5) is 5.82 Å². The third-order valence-electron chi connectivity index (χ3n) is 4.69. The number of anilines is 1. The van der Waals surface area contributed by atoms with Gasteiger partial charge in [0.25, 0.3) is 0 Å². The Balaban J connectivity index is 2.69. The number of ether oxygens (including phenoxy) is 4. The van der Waals surface area contributed by atoms with Gasteiger partial charge in [-0.1, -0.05) is 41.5 Å². The van der Waals surface area contributed by atoms with Crippen molar-refractivity contribution >= 4 is 23.7 Å². The number of hydrogen-bond acceptors (Lipinski definition) is 11. The van der Waals surface area contributed by atoms with Gasteiger partial charge in [0, 0.05) is 6.20 Å². The molecule has 1 aliphatic rings. The topological polar surface area (TPSA) is 173 Å². The second-order valence-corrected chi connectivity index (χ2v) is 8.51. The van der Waals surface area contributed by atoms with Crippen molar-refractivity contribution in [2.75, 3.05) is 12.3 Å². The molecule has 2 rings (SSSR count). The molecule has 0 fully saturated rings. The zero-order chi connectivity index (χ0) is 25.8. The first-order valence-electron chi connectivity index (χ1n) is 10.6. The van der Waals surface area contributed by atoms with Crippen LogP contribution >= 0.6 is 0 Å². The van der Waals surface area contributed by atoms with Gasteiger partial charge in [-0.05, 0) is 6.07 Å². The van der Waals surface area contributed by atoms with E-state index in [1.807, 2.05) is 6.07 Å². The van der Waals surface area contributed by atoms with E-state index in [2.05, 4.69) is 4.98 Å². The van der Waals surface area contributed by atoms with Gasteiger partial charge in [0.05, 0.1) is 17.8 Å². The van der Waals surface area contributed by atoms with E-state index in [1.54, 1.807) is 41.5 Å². The normalized spacial score (nSPS) is 19.7. The summed E-state index contributed by atoms with van der Waals surface area (Å²) in [7, 11) is 0. The van der Waals surface area contributed by atoms with Crippen molar-refractivity contribution in [3.8, 4) is 6.07 Å². The van der Waals surface area contributed by atoms with Crippen molar-refractivity contribution in [3.05, 3.63) is 34.3 Å². The predicted molar refractivity (Wildman–Crippen MR) is 116 cm³/mol. The molecule has 34 heavy (non-hydrogen) atoms. The van der Waals surface area contributed by atoms with Gasteiger partial charge >= 0.3 is 29.3 Å². The van der Waals surface area contributed by atoms with E-state index in [0.717, 1.165) is 10.8 Å². The highest BCUT2D eigenvalue weighted by Crippen LogP contribution is 2.41. The lowest BCUT2D eigenvalue weighted by molar-refractivity contribution is -0.170. The first-order valence-corrected chi connectivity index (χ1v) is 10.6. The fraction of sp³-hybridized carbons (Fsp3) is 0.545. The molecule has 0 aliphatic carbocycles. The zero-order valence-electron chi connectivity index (χ0n) is 19.9. The molecule has 2 atom stereocenters. The number of nitrogens with zero attached hydrogens (tertiary/aromatic N) is 3. The van der Waals surface area contributed by atoms with E-state index in [9.17, 15) is 24.4 Å². The van der Waals surface area contributed by atoms with Crippen LogP contribution in [0.25, 0.3) is 0 Å². The Kier molecular flexibility index (Phi) is 8.04. The van der Waals surface area contributed by atoms with Gasteiger partial charge in [0.1, 0.15) is 11.9 Å². The molecule has 0 radical (unpaired) electrons. The van der Waals surface area contributed by atoms with Gasteiger partial charge in [-0.15, -0.1) is 0 Å². The summed E-state index contributed by atoms with van der Waals surface area (Å²) in [6, 6.07) is 3.07. The molecule has 0 bridgehead atoms. The molecule has 1 unspecified atom stereocenters. The van der Waals surface area contributed by atoms with Gasteiger partial charge in [0.2, 0.25) is 6.10 Å². The minimum absolute atomic E-state index is 0.117. The first-order chi connectivity index (χ1) is 15.8. The maximum Gasteiger partial charge on any atom is 0.353 e. The van der Waals surface area contributed by atoms with Crippen molar-refractivity contribution in [1.29, 1.82) is 5.26 Å². The fourth-order valence-electron chi connectivity index (χ4n) is 2.72. The number of carbonyl (C=O) groups excluding carboxylic acids is 3. The maximum absolute atomic E-state index is 12.6. The molecule has 0 saturated heterocycles. The summed E-state index contributed by atoms with van der Waals surface area (Å²) in [6.45, 7) is 8.91.